The quantitative estimate of drug-likeness (QED) is 0.519. The summed E-state index contributed by atoms with van der Waals surface area (Å²) in [6, 6.07) is 8.16. The second kappa shape index (κ2) is 9.43. The summed E-state index contributed by atoms with van der Waals surface area (Å²) in [4.78, 5) is 41.9. The number of aliphatic hydroxyl groups is 1. The number of benzene rings is 1. The molecule has 3 N–H and O–H groups in total. The molecule has 3 heterocycles. The Bertz CT molecular complexity index is 893. The summed E-state index contributed by atoms with van der Waals surface area (Å²) in [5, 5.41) is 15.9. The van der Waals surface area contributed by atoms with Gasteiger partial charge in [-0.3, -0.25) is 14.4 Å². The lowest BCUT2D eigenvalue weighted by molar-refractivity contribution is -0.145. The summed E-state index contributed by atoms with van der Waals surface area (Å²) >= 11 is 0. The first kappa shape index (κ1) is 23.7. The summed E-state index contributed by atoms with van der Waals surface area (Å²) in [6.45, 7) is 5.82. The van der Waals surface area contributed by atoms with Crippen LogP contribution in [0.1, 0.15) is 52.0 Å². The van der Waals surface area contributed by atoms with Crippen molar-refractivity contribution in [1.82, 2.24) is 15.5 Å². The Morgan fingerprint density at radius 3 is 2.64 bits per heavy atom. The van der Waals surface area contributed by atoms with E-state index in [1.165, 1.54) is 4.90 Å². The van der Waals surface area contributed by atoms with Gasteiger partial charge >= 0.3 is 0 Å². The maximum absolute atomic E-state index is 13.7. The van der Waals surface area contributed by atoms with Gasteiger partial charge < -0.3 is 25.4 Å². The zero-order valence-corrected chi connectivity index (χ0v) is 19.6. The molecule has 8 heteroatoms. The molecule has 1 aromatic carbocycles. The number of hydrogen-bond acceptors (Lipinski definition) is 5. The number of likely N-dealkylation sites (tertiary alicyclic amines) is 1. The van der Waals surface area contributed by atoms with Crippen molar-refractivity contribution in [3.63, 3.8) is 0 Å². The minimum absolute atomic E-state index is 0.0390. The van der Waals surface area contributed by atoms with Crippen molar-refractivity contribution in [2.45, 2.75) is 82.8 Å². The van der Waals surface area contributed by atoms with Gasteiger partial charge in [-0.2, -0.15) is 0 Å². The van der Waals surface area contributed by atoms with Crippen LogP contribution < -0.4 is 10.6 Å². The van der Waals surface area contributed by atoms with Crippen molar-refractivity contribution in [1.29, 1.82) is 0 Å². The Morgan fingerprint density at radius 2 is 1.97 bits per heavy atom. The molecule has 1 aromatic rings. The van der Waals surface area contributed by atoms with Gasteiger partial charge in [0.1, 0.15) is 11.6 Å². The highest BCUT2D eigenvalue weighted by Gasteiger charge is 2.74. The fourth-order valence-corrected chi connectivity index (χ4v) is 5.98. The predicted octanol–water partition coefficient (Wildman–Crippen LogP) is 1.36. The van der Waals surface area contributed by atoms with Gasteiger partial charge in [-0.15, -0.1) is 0 Å². The average Bonchev–Trinajstić information content (AvgIpc) is 3.45. The molecule has 180 valence electrons. The molecule has 8 nitrogen and oxygen atoms in total. The van der Waals surface area contributed by atoms with Gasteiger partial charge in [-0.05, 0) is 38.7 Å². The van der Waals surface area contributed by atoms with E-state index in [4.69, 9.17) is 4.74 Å². The summed E-state index contributed by atoms with van der Waals surface area (Å²) in [7, 11) is 0. The van der Waals surface area contributed by atoms with E-state index in [-0.39, 0.29) is 36.5 Å². The van der Waals surface area contributed by atoms with E-state index in [1.807, 2.05) is 37.3 Å². The maximum Gasteiger partial charge on any atom is 0.246 e. The Labute approximate surface area is 195 Å². The zero-order chi connectivity index (χ0) is 23.8. The van der Waals surface area contributed by atoms with Crippen molar-refractivity contribution < 1.29 is 24.2 Å². The molecule has 0 aliphatic carbocycles. The molecule has 3 unspecified atom stereocenters. The van der Waals surface area contributed by atoms with E-state index in [2.05, 4.69) is 17.6 Å². The van der Waals surface area contributed by atoms with Gasteiger partial charge in [-0.1, -0.05) is 43.7 Å². The van der Waals surface area contributed by atoms with Gasteiger partial charge in [0.2, 0.25) is 17.7 Å². The Balaban J connectivity index is 1.60. The Kier molecular flexibility index (Phi) is 6.77. The summed E-state index contributed by atoms with van der Waals surface area (Å²) < 4.78 is 6.37. The third-order valence-electron chi connectivity index (χ3n) is 7.45. The molecule has 0 saturated carbocycles. The van der Waals surface area contributed by atoms with E-state index in [9.17, 15) is 19.5 Å². The lowest BCUT2D eigenvalue weighted by Crippen LogP contribution is -2.58. The lowest BCUT2D eigenvalue weighted by Gasteiger charge is -2.36. The van der Waals surface area contributed by atoms with Gasteiger partial charge in [-0.25, -0.2) is 0 Å². The molecule has 2 bridgehead atoms. The van der Waals surface area contributed by atoms with Crippen LogP contribution in [0.2, 0.25) is 0 Å². The first-order valence-electron chi connectivity index (χ1n) is 12.1. The summed E-state index contributed by atoms with van der Waals surface area (Å²) in [5.41, 5.74) is -0.0595. The standard InChI is InChI=1S/C25H35N3O5/c1-4-8-15(2)27-23(31)21-25-12-11-18(33-25)19(20(25)24(32)28(21)16(3)14-29)22(30)26-13-17-9-6-5-7-10-17/h5-7,9-10,15-16,18-21,29H,4,8,11-14H2,1-3H3,(H,26,30)(H,27,31)/t15?,16-,18-,19+,20+,21?,25?/m1/s1. The Hall–Kier alpha value is -2.45. The first-order valence-corrected chi connectivity index (χ1v) is 12.1. The highest BCUT2D eigenvalue weighted by Crippen LogP contribution is 2.58. The predicted molar refractivity (Wildman–Crippen MR) is 122 cm³/mol. The zero-order valence-electron chi connectivity index (χ0n) is 19.6. The van der Waals surface area contributed by atoms with Gasteiger partial charge in [0.05, 0.1) is 30.6 Å². The van der Waals surface area contributed by atoms with Crippen molar-refractivity contribution in [3.8, 4) is 0 Å². The Morgan fingerprint density at radius 1 is 1.24 bits per heavy atom. The number of amides is 3. The molecule has 3 fully saturated rings. The molecule has 0 radical (unpaired) electrons. The molecule has 33 heavy (non-hydrogen) atoms. The SMILES string of the molecule is CCCC(C)NC(=O)C1N([C@H](C)CO)C(=O)[C@@H]2[C@@H](C(=O)NCc3ccccc3)[C@H]3CCC12O3. The van der Waals surface area contributed by atoms with Crippen LogP contribution in [0.5, 0.6) is 0 Å². The normalized spacial score (nSPS) is 31.9. The third-order valence-corrected chi connectivity index (χ3v) is 7.45. The fourth-order valence-electron chi connectivity index (χ4n) is 5.98. The van der Waals surface area contributed by atoms with Crippen molar-refractivity contribution in [2.24, 2.45) is 11.8 Å². The molecular weight excluding hydrogens is 422 g/mol. The third kappa shape index (κ3) is 4.04. The largest absolute Gasteiger partial charge is 0.394 e. The molecule has 3 aliphatic rings. The molecule has 3 amide bonds. The van der Waals surface area contributed by atoms with Crippen LogP contribution in [0.25, 0.3) is 0 Å². The van der Waals surface area contributed by atoms with Crippen LogP contribution in [-0.4, -0.2) is 64.2 Å². The van der Waals surface area contributed by atoms with Crippen LogP contribution in [0.4, 0.5) is 0 Å². The van der Waals surface area contributed by atoms with Crippen molar-refractivity contribution >= 4 is 17.7 Å². The van der Waals surface area contributed by atoms with E-state index >= 15 is 0 Å². The summed E-state index contributed by atoms with van der Waals surface area (Å²) in [6.07, 6.45) is 2.54. The van der Waals surface area contributed by atoms with Gasteiger partial charge in [0.15, 0.2) is 0 Å². The number of nitrogens with zero attached hydrogens (tertiary/aromatic N) is 1. The molecule has 1 spiro atoms. The number of carbonyl (C=O) groups excluding carboxylic acids is 3. The van der Waals surface area contributed by atoms with Crippen molar-refractivity contribution in [2.75, 3.05) is 6.61 Å². The fraction of sp³-hybridized carbons (Fsp3) is 0.640. The minimum Gasteiger partial charge on any atom is -0.394 e. The first-order chi connectivity index (χ1) is 15.8. The number of hydrogen-bond donors (Lipinski definition) is 3. The molecule has 7 atom stereocenters. The number of fused-ring (bicyclic) bond motifs is 1. The van der Waals surface area contributed by atoms with Crippen LogP contribution in [-0.2, 0) is 25.7 Å². The smallest absolute Gasteiger partial charge is 0.246 e. The second-order valence-corrected chi connectivity index (χ2v) is 9.73. The number of carbonyl (C=O) groups is 3. The molecular formula is C25H35N3O5. The second-order valence-electron chi connectivity index (χ2n) is 9.73. The monoisotopic (exact) mass is 457 g/mol. The average molecular weight is 458 g/mol. The van der Waals surface area contributed by atoms with Crippen LogP contribution in [0, 0.1) is 11.8 Å². The molecule has 0 aromatic heterocycles. The number of aliphatic hydroxyl groups excluding tert-OH is 1. The van der Waals surface area contributed by atoms with Crippen LogP contribution in [0.15, 0.2) is 30.3 Å². The van der Waals surface area contributed by atoms with Crippen molar-refractivity contribution in [3.05, 3.63) is 35.9 Å². The van der Waals surface area contributed by atoms with Crippen LogP contribution >= 0.6 is 0 Å². The molecule has 3 saturated heterocycles. The number of rotatable bonds is 9. The minimum atomic E-state index is -1.03. The highest BCUT2D eigenvalue weighted by molar-refractivity contribution is 5.99. The highest BCUT2D eigenvalue weighted by atomic mass is 16.5. The van der Waals surface area contributed by atoms with Gasteiger partial charge in [0, 0.05) is 12.6 Å². The lowest BCUT2D eigenvalue weighted by atomic mass is 9.70. The van der Waals surface area contributed by atoms with E-state index in [0.717, 1.165) is 18.4 Å². The van der Waals surface area contributed by atoms with E-state index in [1.54, 1.807) is 6.92 Å². The molecule has 3 aliphatic heterocycles. The topological polar surface area (TPSA) is 108 Å². The van der Waals surface area contributed by atoms with E-state index < -0.39 is 29.5 Å². The number of nitrogens with one attached hydrogen (secondary N) is 2. The van der Waals surface area contributed by atoms with Gasteiger partial charge in [0.25, 0.3) is 0 Å². The van der Waals surface area contributed by atoms with Crippen LogP contribution in [0.3, 0.4) is 0 Å². The summed E-state index contributed by atoms with van der Waals surface area (Å²) in [5.74, 6) is -2.13. The maximum atomic E-state index is 13.7. The van der Waals surface area contributed by atoms with E-state index in [0.29, 0.717) is 19.4 Å². The molecule has 4 rings (SSSR count). The number of ether oxygens (including phenoxy) is 1.